The summed E-state index contributed by atoms with van der Waals surface area (Å²) in [5.74, 6) is 0. The molecule has 0 aromatic carbocycles. The van der Waals surface area contributed by atoms with Crippen molar-refractivity contribution in [2.45, 2.75) is 31.5 Å². The first-order chi connectivity index (χ1) is 3.77. The van der Waals surface area contributed by atoms with Gasteiger partial charge in [-0.3, -0.25) is 0 Å². The fourth-order valence-electron chi connectivity index (χ4n) is 0.493. The molecule has 0 nitrogen and oxygen atoms in total. The third-order valence-electron chi connectivity index (χ3n) is 0.967. The summed E-state index contributed by atoms with van der Waals surface area (Å²) in [4.78, 5) is 0.665. The number of hydrogen-bond donors (Lipinski definition) is 0. The quantitative estimate of drug-likeness (QED) is 0.459. The summed E-state index contributed by atoms with van der Waals surface area (Å²) in [7, 11) is 0. The van der Waals surface area contributed by atoms with E-state index in [2.05, 4.69) is 41.9 Å². The second-order valence-corrected chi connectivity index (χ2v) is 3.49. The molecule has 1 atom stereocenters. The summed E-state index contributed by atoms with van der Waals surface area (Å²) >= 11 is 3.47. The molecule has 0 N–H and O–H groups in total. The van der Waals surface area contributed by atoms with Crippen LogP contribution in [0.2, 0.25) is 0 Å². The molecule has 48 valence electrons. The van der Waals surface area contributed by atoms with Crippen molar-refractivity contribution in [2.75, 3.05) is 0 Å². The van der Waals surface area contributed by atoms with Crippen molar-refractivity contribution < 1.29 is 0 Å². The molecule has 0 saturated carbocycles. The van der Waals surface area contributed by atoms with Gasteiger partial charge in [0.2, 0.25) is 0 Å². The molecule has 0 aromatic heterocycles. The SMILES string of the molecule is C/C=C/CCC(C)Br. The highest BCUT2D eigenvalue weighted by atomic mass is 79.9. The number of allylic oxidation sites excluding steroid dienone is 2. The standard InChI is InChI=1S/C7H13Br/c1-3-4-5-6-7(2)8/h3-4,7H,5-6H2,1-2H3/b4-3+. The lowest BCUT2D eigenvalue weighted by Crippen LogP contribution is -1.85. The van der Waals surface area contributed by atoms with E-state index >= 15 is 0 Å². The lowest BCUT2D eigenvalue weighted by atomic mass is 10.2. The maximum atomic E-state index is 3.47. The van der Waals surface area contributed by atoms with Gasteiger partial charge >= 0.3 is 0 Å². The van der Waals surface area contributed by atoms with Gasteiger partial charge in [0.05, 0.1) is 0 Å². The van der Waals surface area contributed by atoms with Crippen molar-refractivity contribution in [1.82, 2.24) is 0 Å². The summed E-state index contributed by atoms with van der Waals surface area (Å²) in [6, 6.07) is 0. The van der Waals surface area contributed by atoms with Gasteiger partial charge in [-0.25, -0.2) is 0 Å². The maximum absolute atomic E-state index is 3.47. The van der Waals surface area contributed by atoms with Gasteiger partial charge in [-0.1, -0.05) is 35.0 Å². The van der Waals surface area contributed by atoms with Crippen LogP contribution in [0.4, 0.5) is 0 Å². The minimum absolute atomic E-state index is 0.665. The average Bonchev–Trinajstić information content (AvgIpc) is 1.66. The van der Waals surface area contributed by atoms with Gasteiger partial charge in [0.15, 0.2) is 0 Å². The minimum atomic E-state index is 0.665. The van der Waals surface area contributed by atoms with Crippen molar-refractivity contribution in [3.63, 3.8) is 0 Å². The Kier molecular flexibility index (Phi) is 5.51. The molecule has 0 heterocycles. The van der Waals surface area contributed by atoms with Gasteiger partial charge < -0.3 is 0 Å². The molecule has 0 saturated heterocycles. The van der Waals surface area contributed by atoms with E-state index in [0.29, 0.717) is 4.83 Å². The van der Waals surface area contributed by atoms with E-state index in [1.54, 1.807) is 0 Å². The van der Waals surface area contributed by atoms with Crippen LogP contribution in [0.5, 0.6) is 0 Å². The fraction of sp³-hybridized carbons (Fsp3) is 0.714. The Labute approximate surface area is 60.1 Å². The van der Waals surface area contributed by atoms with Crippen LogP contribution in [0.3, 0.4) is 0 Å². The lowest BCUT2D eigenvalue weighted by Gasteiger charge is -1.95. The molecule has 0 aliphatic rings. The Morgan fingerprint density at radius 2 is 2.25 bits per heavy atom. The number of alkyl halides is 1. The van der Waals surface area contributed by atoms with Gasteiger partial charge in [-0.05, 0) is 19.8 Å². The van der Waals surface area contributed by atoms with Crippen LogP contribution < -0.4 is 0 Å². The molecule has 0 bridgehead atoms. The van der Waals surface area contributed by atoms with Gasteiger partial charge in [-0.2, -0.15) is 0 Å². The van der Waals surface area contributed by atoms with Crippen LogP contribution in [0.15, 0.2) is 12.2 Å². The Hall–Kier alpha value is 0.220. The molecule has 0 aliphatic carbocycles. The second-order valence-electron chi connectivity index (χ2n) is 1.93. The third-order valence-corrected chi connectivity index (χ3v) is 1.42. The predicted molar refractivity (Wildman–Crippen MR) is 42.4 cm³/mol. The van der Waals surface area contributed by atoms with Crippen LogP contribution in [-0.2, 0) is 0 Å². The van der Waals surface area contributed by atoms with E-state index in [9.17, 15) is 0 Å². The topological polar surface area (TPSA) is 0 Å². The maximum Gasteiger partial charge on any atom is 0.0120 e. The highest BCUT2D eigenvalue weighted by Crippen LogP contribution is 2.05. The van der Waals surface area contributed by atoms with E-state index in [1.807, 2.05) is 0 Å². The Morgan fingerprint density at radius 3 is 2.62 bits per heavy atom. The van der Waals surface area contributed by atoms with E-state index < -0.39 is 0 Å². The van der Waals surface area contributed by atoms with Crippen molar-refractivity contribution in [3.8, 4) is 0 Å². The summed E-state index contributed by atoms with van der Waals surface area (Å²) in [5.41, 5.74) is 0. The fourth-order valence-corrected chi connectivity index (χ4v) is 0.757. The zero-order valence-electron chi connectivity index (χ0n) is 5.52. The van der Waals surface area contributed by atoms with Crippen LogP contribution >= 0.6 is 15.9 Å². The number of rotatable bonds is 3. The Morgan fingerprint density at radius 1 is 1.62 bits per heavy atom. The van der Waals surface area contributed by atoms with Crippen molar-refractivity contribution in [2.24, 2.45) is 0 Å². The molecule has 0 aromatic rings. The smallest absolute Gasteiger partial charge is 0.0120 e. The van der Waals surface area contributed by atoms with Crippen LogP contribution in [0.1, 0.15) is 26.7 Å². The second kappa shape index (κ2) is 5.36. The van der Waals surface area contributed by atoms with Crippen molar-refractivity contribution >= 4 is 15.9 Å². The molecule has 0 radical (unpaired) electrons. The number of hydrogen-bond acceptors (Lipinski definition) is 0. The van der Waals surface area contributed by atoms with E-state index in [-0.39, 0.29) is 0 Å². The molecule has 8 heavy (non-hydrogen) atoms. The summed E-state index contributed by atoms with van der Waals surface area (Å²) < 4.78 is 0. The van der Waals surface area contributed by atoms with E-state index in [4.69, 9.17) is 0 Å². The first-order valence-corrected chi connectivity index (χ1v) is 3.94. The Bertz CT molecular complexity index is 64.8. The highest BCUT2D eigenvalue weighted by molar-refractivity contribution is 9.09. The largest absolute Gasteiger partial charge is 0.0917 e. The van der Waals surface area contributed by atoms with Gasteiger partial charge in [-0.15, -0.1) is 0 Å². The zero-order valence-corrected chi connectivity index (χ0v) is 7.11. The third kappa shape index (κ3) is 6.22. The minimum Gasteiger partial charge on any atom is -0.0917 e. The molecular formula is C7H13Br. The summed E-state index contributed by atoms with van der Waals surface area (Å²) in [6.07, 6.45) is 6.72. The predicted octanol–water partition coefficient (Wildman–Crippen LogP) is 3.13. The van der Waals surface area contributed by atoms with Crippen LogP contribution in [0, 0.1) is 0 Å². The molecule has 1 heteroatoms. The normalized spacial score (nSPS) is 14.9. The first kappa shape index (κ1) is 8.22. The summed E-state index contributed by atoms with van der Waals surface area (Å²) in [5, 5.41) is 0. The molecule has 0 rings (SSSR count). The molecule has 0 fully saturated rings. The van der Waals surface area contributed by atoms with Crippen LogP contribution in [-0.4, -0.2) is 4.83 Å². The lowest BCUT2D eigenvalue weighted by molar-refractivity contribution is 0.843. The molecular weight excluding hydrogens is 164 g/mol. The molecule has 0 aliphatic heterocycles. The van der Waals surface area contributed by atoms with E-state index in [0.717, 1.165) is 0 Å². The Balaban J connectivity index is 2.93. The molecule has 0 spiro atoms. The summed E-state index contributed by atoms with van der Waals surface area (Å²) in [6.45, 7) is 4.22. The van der Waals surface area contributed by atoms with Crippen LogP contribution in [0.25, 0.3) is 0 Å². The first-order valence-electron chi connectivity index (χ1n) is 3.02. The highest BCUT2D eigenvalue weighted by Gasteiger charge is 1.89. The van der Waals surface area contributed by atoms with Gasteiger partial charge in [0, 0.05) is 4.83 Å². The van der Waals surface area contributed by atoms with Crippen molar-refractivity contribution in [1.29, 1.82) is 0 Å². The van der Waals surface area contributed by atoms with Gasteiger partial charge in [0.25, 0.3) is 0 Å². The zero-order chi connectivity index (χ0) is 6.41. The number of halogens is 1. The van der Waals surface area contributed by atoms with E-state index in [1.165, 1.54) is 12.8 Å². The van der Waals surface area contributed by atoms with Crippen molar-refractivity contribution in [3.05, 3.63) is 12.2 Å². The average molecular weight is 177 g/mol. The monoisotopic (exact) mass is 176 g/mol. The molecule has 0 amide bonds. The van der Waals surface area contributed by atoms with Gasteiger partial charge in [0.1, 0.15) is 0 Å². The molecule has 1 unspecified atom stereocenters.